The molecule has 0 bridgehead atoms. The van der Waals surface area contributed by atoms with Crippen molar-refractivity contribution in [1.82, 2.24) is 24.8 Å². The van der Waals surface area contributed by atoms with Gasteiger partial charge in [0.2, 0.25) is 11.8 Å². The lowest BCUT2D eigenvalue weighted by Gasteiger charge is -2.39. The molecule has 2 fully saturated rings. The first kappa shape index (κ1) is 32.1. The number of piperidine rings is 1. The van der Waals surface area contributed by atoms with Crippen molar-refractivity contribution in [3.05, 3.63) is 54.1 Å². The van der Waals surface area contributed by atoms with Gasteiger partial charge in [0.05, 0.1) is 17.6 Å². The van der Waals surface area contributed by atoms with Gasteiger partial charge in [-0.25, -0.2) is 4.98 Å². The molecule has 3 heterocycles. The van der Waals surface area contributed by atoms with E-state index in [4.69, 9.17) is 16.1 Å². The molecule has 2 aliphatic rings. The Balaban J connectivity index is 0.00000231. The van der Waals surface area contributed by atoms with E-state index in [1.165, 1.54) is 6.42 Å². The van der Waals surface area contributed by atoms with Crippen molar-refractivity contribution in [3.63, 3.8) is 0 Å². The number of hydrogen-bond donors (Lipinski definition) is 3. The van der Waals surface area contributed by atoms with Crippen LogP contribution in [0.3, 0.4) is 0 Å². The summed E-state index contributed by atoms with van der Waals surface area (Å²) >= 11 is 0. The van der Waals surface area contributed by atoms with Crippen molar-refractivity contribution in [1.29, 1.82) is 5.41 Å². The zero-order chi connectivity index (χ0) is 27.4. The average Bonchev–Trinajstić information content (AvgIpc) is 3.28. The number of amidine groups is 1. The van der Waals surface area contributed by atoms with Gasteiger partial charge in [-0.15, -0.1) is 24.8 Å². The molecular formula is C29H40Cl2N8O2. The molecule has 1 saturated heterocycles. The monoisotopic (exact) mass is 602 g/mol. The molecule has 0 unspecified atom stereocenters. The number of hydrogen-bond acceptors (Lipinski definition) is 6. The zero-order valence-electron chi connectivity index (χ0n) is 23.4. The molecule has 0 spiro atoms. The predicted molar refractivity (Wildman–Crippen MR) is 166 cm³/mol. The second-order valence-corrected chi connectivity index (χ2v) is 10.7. The van der Waals surface area contributed by atoms with Crippen molar-refractivity contribution in [2.24, 2.45) is 5.73 Å². The van der Waals surface area contributed by atoms with Crippen LogP contribution in [0.4, 0.5) is 5.69 Å². The predicted octanol–water partition coefficient (Wildman–Crippen LogP) is 4.03. The van der Waals surface area contributed by atoms with E-state index in [-0.39, 0.29) is 61.1 Å². The fraction of sp³-hybridized carbons (Fsp3) is 0.483. The number of nitrogens with one attached hydrogen (secondary N) is 2. The number of carbonyl (C=O) groups is 2. The maximum Gasteiger partial charge on any atom is 0.240 e. The van der Waals surface area contributed by atoms with E-state index in [1.54, 1.807) is 31.5 Å². The second kappa shape index (κ2) is 14.5. The van der Waals surface area contributed by atoms with Crippen molar-refractivity contribution in [2.75, 3.05) is 18.0 Å². The number of aromatic nitrogens is 3. The van der Waals surface area contributed by atoms with Crippen LogP contribution in [0.5, 0.6) is 0 Å². The van der Waals surface area contributed by atoms with Crippen LogP contribution in [0.25, 0.3) is 11.0 Å². The summed E-state index contributed by atoms with van der Waals surface area (Å²) in [6, 6.07) is 9.75. The maximum atomic E-state index is 13.1. The number of imidazole rings is 1. The Hall–Kier alpha value is -3.37. The average molecular weight is 604 g/mol. The molecule has 12 heteroatoms. The van der Waals surface area contributed by atoms with Gasteiger partial charge < -0.3 is 25.4 Å². The molecule has 10 nitrogen and oxygen atoms in total. The minimum atomic E-state index is -0.0434. The molecule has 2 amide bonds. The van der Waals surface area contributed by atoms with E-state index >= 15 is 0 Å². The summed E-state index contributed by atoms with van der Waals surface area (Å²) in [4.78, 5) is 39.2. The summed E-state index contributed by atoms with van der Waals surface area (Å²) in [5.41, 5.74) is 8.92. The lowest BCUT2D eigenvalue weighted by Crippen LogP contribution is -2.47. The van der Waals surface area contributed by atoms with Crippen molar-refractivity contribution in [3.8, 4) is 0 Å². The third kappa shape index (κ3) is 7.68. The smallest absolute Gasteiger partial charge is 0.240 e. The number of rotatable bonds is 8. The number of nitrogens with two attached hydrogens (primary N) is 1. The molecule has 4 N–H and O–H groups in total. The van der Waals surface area contributed by atoms with Gasteiger partial charge in [0.1, 0.15) is 18.2 Å². The summed E-state index contributed by atoms with van der Waals surface area (Å²) in [6.45, 7) is 3.75. The van der Waals surface area contributed by atoms with Gasteiger partial charge in [0.15, 0.2) is 0 Å². The van der Waals surface area contributed by atoms with Crippen LogP contribution < -0.4 is 16.0 Å². The van der Waals surface area contributed by atoms with Crippen LogP contribution in [0.2, 0.25) is 0 Å². The molecule has 1 saturated carbocycles. The summed E-state index contributed by atoms with van der Waals surface area (Å²) in [5, 5.41) is 11.0. The third-order valence-corrected chi connectivity index (χ3v) is 8.06. The Bertz CT molecular complexity index is 1340. The Morgan fingerprint density at radius 1 is 1.05 bits per heavy atom. The summed E-state index contributed by atoms with van der Waals surface area (Å²) in [5.74, 6) is 0.579. The summed E-state index contributed by atoms with van der Waals surface area (Å²) in [7, 11) is 0. The normalized spacial score (nSPS) is 16.0. The van der Waals surface area contributed by atoms with Crippen molar-refractivity contribution < 1.29 is 9.59 Å². The second-order valence-electron chi connectivity index (χ2n) is 10.7. The highest BCUT2D eigenvalue weighted by molar-refractivity contribution is 5.98. The Morgan fingerprint density at radius 2 is 1.73 bits per heavy atom. The summed E-state index contributed by atoms with van der Waals surface area (Å²) in [6.07, 6.45) is 10.8. The van der Waals surface area contributed by atoms with Gasteiger partial charge in [0, 0.05) is 55.7 Å². The lowest BCUT2D eigenvalue weighted by molar-refractivity contribution is -0.132. The number of nitrogen functional groups attached to an aromatic ring is 1. The third-order valence-electron chi connectivity index (χ3n) is 8.06. The summed E-state index contributed by atoms with van der Waals surface area (Å²) < 4.78 is 1.92. The van der Waals surface area contributed by atoms with E-state index in [9.17, 15) is 9.59 Å². The molecule has 3 aromatic rings. The molecule has 1 aliphatic heterocycles. The lowest BCUT2D eigenvalue weighted by atomic mass is 9.95. The van der Waals surface area contributed by atoms with Gasteiger partial charge in [0.25, 0.3) is 0 Å². The quantitative estimate of drug-likeness (QED) is 0.263. The SMILES string of the molecule is CC(=O)N(Cc1nc2cc(C(=N)N)ccc2n1CC(=O)NC1CCCCC1)C1CCN(c2ccncc2)CC1.Cl.Cl. The molecule has 0 atom stereocenters. The highest BCUT2D eigenvalue weighted by Crippen LogP contribution is 2.25. The Morgan fingerprint density at radius 3 is 2.37 bits per heavy atom. The van der Waals surface area contributed by atoms with E-state index in [2.05, 4.69) is 15.2 Å². The highest BCUT2D eigenvalue weighted by atomic mass is 35.5. The fourth-order valence-corrected chi connectivity index (χ4v) is 5.95. The number of pyridine rings is 1. The fourth-order valence-electron chi connectivity index (χ4n) is 5.95. The van der Waals surface area contributed by atoms with E-state index in [0.29, 0.717) is 23.4 Å². The van der Waals surface area contributed by atoms with Crippen molar-refractivity contribution in [2.45, 2.75) is 77.0 Å². The molecule has 5 rings (SSSR count). The minimum absolute atomic E-state index is 0. The standard InChI is InChI=1S/C29H38N8O2.2ClH/c1-20(38)36(24-11-15-35(16-12-24)23-9-13-32-14-10-23)18-27-34-25-17-21(29(30)31)7-8-26(25)37(27)19-28(39)33-22-5-3-2-4-6-22;;/h7-10,13-14,17,22,24H,2-6,11-12,15-16,18-19H2,1H3,(H3,30,31)(H,33,39);2*1H. The first-order chi connectivity index (χ1) is 18.9. The molecule has 222 valence electrons. The number of carbonyl (C=O) groups excluding carboxylic acids is 2. The van der Waals surface area contributed by atoms with Gasteiger partial charge in [-0.2, -0.15) is 0 Å². The molecule has 0 radical (unpaired) electrons. The number of amides is 2. The maximum absolute atomic E-state index is 13.1. The van der Waals surface area contributed by atoms with Crippen LogP contribution in [0, 0.1) is 5.41 Å². The number of benzene rings is 1. The number of halogens is 2. The minimum Gasteiger partial charge on any atom is -0.384 e. The topological polar surface area (TPSA) is 133 Å². The van der Waals surface area contributed by atoms with Crippen LogP contribution >= 0.6 is 24.8 Å². The van der Waals surface area contributed by atoms with Gasteiger partial charge in [-0.05, 0) is 56.0 Å². The van der Waals surface area contributed by atoms with Crippen LogP contribution in [-0.2, 0) is 22.7 Å². The van der Waals surface area contributed by atoms with Gasteiger partial charge >= 0.3 is 0 Å². The van der Waals surface area contributed by atoms with E-state index < -0.39 is 0 Å². The number of nitrogens with zero attached hydrogens (tertiary/aromatic N) is 5. The molecule has 2 aromatic heterocycles. The first-order valence-corrected chi connectivity index (χ1v) is 13.9. The van der Waals surface area contributed by atoms with Crippen LogP contribution in [0.1, 0.15) is 63.3 Å². The van der Waals surface area contributed by atoms with Gasteiger partial charge in [-0.1, -0.05) is 19.3 Å². The van der Waals surface area contributed by atoms with E-state index in [0.717, 1.165) is 62.8 Å². The molecule has 1 aliphatic carbocycles. The molecule has 1 aromatic carbocycles. The largest absolute Gasteiger partial charge is 0.384 e. The van der Waals surface area contributed by atoms with E-state index in [1.807, 2.05) is 27.7 Å². The molecule has 41 heavy (non-hydrogen) atoms. The van der Waals surface area contributed by atoms with Crippen molar-refractivity contribution >= 4 is 59.2 Å². The molecular weight excluding hydrogens is 563 g/mol. The highest BCUT2D eigenvalue weighted by Gasteiger charge is 2.29. The van der Waals surface area contributed by atoms with Gasteiger partial charge in [-0.3, -0.25) is 20.0 Å². The van der Waals surface area contributed by atoms with Crippen LogP contribution in [0.15, 0.2) is 42.7 Å². The zero-order valence-corrected chi connectivity index (χ0v) is 25.1. The van der Waals surface area contributed by atoms with Crippen LogP contribution in [-0.4, -0.2) is 62.3 Å². The Labute approximate surface area is 253 Å². The Kier molecular flexibility index (Phi) is 11.4. The first-order valence-electron chi connectivity index (χ1n) is 13.9. The number of anilines is 1. The number of fused-ring (bicyclic) bond motifs is 1.